The van der Waals surface area contributed by atoms with Gasteiger partial charge in [0.2, 0.25) is 0 Å². The highest BCUT2D eigenvalue weighted by molar-refractivity contribution is 5.50. The molecule has 3 heteroatoms. The molecule has 3 nitrogen and oxygen atoms in total. The summed E-state index contributed by atoms with van der Waals surface area (Å²) in [6.45, 7) is 8.25. The zero-order chi connectivity index (χ0) is 16.5. The van der Waals surface area contributed by atoms with E-state index in [2.05, 4.69) is 20.8 Å². The molecule has 0 radical (unpaired) electrons. The van der Waals surface area contributed by atoms with Gasteiger partial charge in [-0.25, -0.2) is 0 Å². The molecule has 2 rings (SSSR count). The van der Waals surface area contributed by atoms with Gasteiger partial charge in [-0.1, -0.05) is 38.5 Å². The molecule has 0 saturated heterocycles. The van der Waals surface area contributed by atoms with Gasteiger partial charge in [0.1, 0.15) is 17.2 Å². The first-order valence-corrected chi connectivity index (χ1v) is 7.41. The van der Waals surface area contributed by atoms with Crippen LogP contribution in [0.3, 0.4) is 0 Å². The average molecular weight is 300 g/mol. The maximum absolute atomic E-state index is 10.6. The number of phenolic OH excluding ortho intramolecular Hbond substituents is 2. The van der Waals surface area contributed by atoms with Gasteiger partial charge >= 0.3 is 0 Å². The van der Waals surface area contributed by atoms with E-state index in [1.807, 2.05) is 19.1 Å². The zero-order valence-corrected chi connectivity index (χ0v) is 13.9. The van der Waals surface area contributed by atoms with Crippen LogP contribution in [-0.4, -0.2) is 17.3 Å². The normalized spacial score (nSPS) is 11.5. The maximum atomic E-state index is 10.6. The number of hydrogen-bond acceptors (Lipinski definition) is 3. The molecule has 0 bridgehead atoms. The highest BCUT2D eigenvalue weighted by Gasteiger charge is 2.21. The number of ether oxygens (including phenoxy) is 1. The largest absolute Gasteiger partial charge is 0.508 e. The Morgan fingerprint density at radius 3 is 2.27 bits per heavy atom. The summed E-state index contributed by atoms with van der Waals surface area (Å²) < 4.78 is 5.21. The minimum absolute atomic E-state index is 0.138. The van der Waals surface area contributed by atoms with E-state index in [9.17, 15) is 10.2 Å². The summed E-state index contributed by atoms with van der Waals surface area (Å²) in [5.41, 5.74) is 3.43. The third-order valence-corrected chi connectivity index (χ3v) is 3.81. The maximum Gasteiger partial charge on any atom is 0.122 e. The van der Waals surface area contributed by atoms with E-state index in [4.69, 9.17) is 4.74 Å². The van der Waals surface area contributed by atoms with Crippen molar-refractivity contribution in [3.63, 3.8) is 0 Å². The number of methoxy groups -OCH3 is 1. The number of aryl methyl sites for hydroxylation is 1. The van der Waals surface area contributed by atoms with Crippen molar-refractivity contribution in [1.82, 2.24) is 0 Å². The van der Waals surface area contributed by atoms with Crippen molar-refractivity contribution in [3.8, 4) is 17.2 Å². The highest BCUT2D eigenvalue weighted by Crippen LogP contribution is 2.36. The standard InChI is InChI=1S/C19H24O3/c1-12-8-14(18(21)16(9-12)19(2,3)4)10-13-11-15(22-5)6-7-17(13)20/h6-9,11,20-21H,10H2,1-5H3. The fourth-order valence-electron chi connectivity index (χ4n) is 2.60. The van der Waals surface area contributed by atoms with E-state index in [0.29, 0.717) is 17.9 Å². The Kier molecular flexibility index (Phi) is 4.36. The van der Waals surface area contributed by atoms with E-state index in [1.54, 1.807) is 25.3 Å². The molecular weight excluding hydrogens is 276 g/mol. The second-order valence-electron chi connectivity index (χ2n) is 6.74. The second-order valence-corrected chi connectivity index (χ2v) is 6.74. The lowest BCUT2D eigenvalue weighted by atomic mass is 9.83. The van der Waals surface area contributed by atoms with Gasteiger partial charge in [0.25, 0.3) is 0 Å². The van der Waals surface area contributed by atoms with Crippen LogP contribution in [0.4, 0.5) is 0 Å². The van der Waals surface area contributed by atoms with Gasteiger partial charge in [0, 0.05) is 12.0 Å². The number of hydrogen-bond donors (Lipinski definition) is 2. The van der Waals surface area contributed by atoms with Crippen LogP contribution in [0.15, 0.2) is 30.3 Å². The molecule has 2 aromatic carbocycles. The van der Waals surface area contributed by atoms with Crippen molar-refractivity contribution in [2.45, 2.75) is 39.5 Å². The predicted molar refractivity (Wildman–Crippen MR) is 89.0 cm³/mol. The predicted octanol–water partition coefficient (Wildman–Crippen LogP) is 4.30. The smallest absolute Gasteiger partial charge is 0.122 e. The fraction of sp³-hybridized carbons (Fsp3) is 0.368. The summed E-state index contributed by atoms with van der Waals surface area (Å²) in [5, 5.41) is 20.7. The molecule has 0 unspecified atom stereocenters. The van der Waals surface area contributed by atoms with Crippen molar-refractivity contribution in [3.05, 3.63) is 52.6 Å². The van der Waals surface area contributed by atoms with Crippen LogP contribution >= 0.6 is 0 Å². The molecule has 0 atom stereocenters. The van der Waals surface area contributed by atoms with Crippen molar-refractivity contribution in [2.24, 2.45) is 0 Å². The lowest BCUT2D eigenvalue weighted by Gasteiger charge is -2.23. The highest BCUT2D eigenvalue weighted by atomic mass is 16.5. The Bertz CT molecular complexity index is 682. The first kappa shape index (κ1) is 16.2. The Morgan fingerprint density at radius 1 is 1.00 bits per heavy atom. The van der Waals surface area contributed by atoms with Crippen molar-refractivity contribution in [1.29, 1.82) is 0 Å². The SMILES string of the molecule is COc1ccc(O)c(Cc2cc(C)cc(C(C)(C)C)c2O)c1. The van der Waals surface area contributed by atoms with E-state index in [0.717, 1.165) is 22.3 Å². The lowest BCUT2D eigenvalue weighted by Crippen LogP contribution is -2.12. The van der Waals surface area contributed by atoms with E-state index in [1.165, 1.54) is 0 Å². The Labute approximate surface area is 132 Å². The number of rotatable bonds is 3. The van der Waals surface area contributed by atoms with Crippen molar-refractivity contribution < 1.29 is 14.9 Å². The minimum Gasteiger partial charge on any atom is -0.508 e. The summed E-state index contributed by atoms with van der Waals surface area (Å²) in [6, 6.07) is 9.11. The Balaban J connectivity index is 2.48. The number of benzene rings is 2. The lowest BCUT2D eigenvalue weighted by molar-refractivity contribution is 0.410. The number of aromatic hydroxyl groups is 2. The Morgan fingerprint density at radius 2 is 1.68 bits per heavy atom. The van der Waals surface area contributed by atoms with Crippen LogP contribution in [0, 0.1) is 6.92 Å². The van der Waals surface area contributed by atoms with Gasteiger partial charge in [-0.15, -0.1) is 0 Å². The topological polar surface area (TPSA) is 49.7 Å². The molecule has 0 saturated carbocycles. The summed E-state index contributed by atoms with van der Waals surface area (Å²) >= 11 is 0. The van der Waals surface area contributed by atoms with Crippen molar-refractivity contribution in [2.75, 3.05) is 7.11 Å². The van der Waals surface area contributed by atoms with Gasteiger partial charge < -0.3 is 14.9 Å². The average Bonchev–Trinajstić information content (AvgIpc) is 2.43. The molecule has 0 amide bonds. The summed E-state index contributed by atoms with van der Waals surface area (Å²) in [4.78, 5) is 0. The molecule has 2 aromatic rings. The van der Waals surface area contributed by atoms with E-state index in [-0.39, 0.29) is 11.2 Å². The molecule has 0 fully saturated rings. The van der Waals surface area contributed by atoms with Gasteiger partial charge in [-0.3, -0.25) is 0 Å². The molecule has 2 N–H and O–H groups in total. The molecule has 0 spiro atoms. The van der Waals surface area contributed by atoms with E-state index < -0.39 is 0 Å². The molecule has 0 aliphatic heterocycles. The molecule has 118 valence electrons. The summed E-state index contributed by atoms with van der Waals surface area (Å²) in [6.07, 6.45) is 0.458. The van der Waals surface area contributed by atoms with Crippen LogP contribution in [0.25, 0.3) is 0 Å². The number of phenols is 2. The van der Waals surface area contributed by atoms with Gasteiger partial charge in [-0.2, -0.15) is 0 Å². The fourth-order valence-corrected chi connectivity index (χ4v) is 2.60. The van der Waals surface area contributed by atoms with Crippen LogP contribution in [-0.2, 0) is 11.8 Å². The van der Waals surface area contributed by atoms with Gasteiger partial charge in [0.15, 0.2) is 0 Å². The van der Waals surface area contributed by atoms with Crippen LogP contribution < -0.4 is 4.74 Å². The zero-order valence-electron chi connectivity index (χ0n) is 13.9. The van der Waals surface area contributed by atoms with Crippen LogP contribution in [0.2, 0.25) is 0 Å². The summed E-state index contributed by atoms with van der Waals surface area (Å²) in [5.74, 6) is 1.20. The third kappa shape index (κ3) is 3.35. The van der Waals surface area contributed by atoms with Gasteiger partial charge in [0.05, 0.1) is 7.11 Å². The second kappa shape index (κ2) is 5.91. The minimum atomic E-state index is -0.138. The quantitative estimate of drug-likeness (QED) is 0.888. The molecule has 0 aromatic heterocycles. The molecule has 0 aliphatic carbocycles. The Hall–Kier alpha value is -2.16. The molecule has 0 aliphatic rings. The monoisotopic (exact) mass is 300 g/mol. The summed E-state index contributed by atoms with van der Waals surface area (Å²) in [7, 11) is 1.60. The van der Waals surface area contributed by atoms with E-state index >= 15 is 0 Å². The van der Waals surface area contributed by atoms with Gasteiger partial charge in [-0.05, 0) is 41.7 Å². The van der Waals surface area contributed by atoms with Crippen LogP contribution in [0.5, 0.6) is 17.2 Å². The van der Waals surface area contributed by atoms with Crippen LogP contribution in [0.1, 0.15) is 43.0 Å². The molecular formula is C19H24O3. The third-order valence-electron chi connectivity index (χ3n) is 3.81. The first-order chi connectivity index (χ1) is 10.2. The van der Waals surface area contributed by atoms with Crippen molar-refractivity contribution >= 4 is 0 Å². The molecule has 0 heterocycles. The molecule has 22 heavy (non-hydrogen) atoms. The first-order valence-electron chi connectivity index (χ1n) is 7.41.